The second-order valence-electron chi connectivity index (χ2n) is 16.8. The summed E-state index contributed by atoms with van der Waals surface area (Å²) in [6.07, 6.45) is 66.7. The number of allylic oxidation sites excluding steroid dienone is 16. The molecule has 0 spiro atoms. The molecule has 0 aliphatic heterocycles. The molecule has 6 heteroatoms. The minimum Gasteiger partial charge on any atom is -0.462 e. The normalized spacial score (nSPS) is 12.9. The van der Waals surface area contributed by atoms with Gasteiger partial charge >= 0.3 is 17.9 Å². The van der Waals surface area contributed by atoms with Crippen molar-refractivity contribution >= 4 is 17.9 Å². The van der Waals surface area contributed by atoms with Crippen molar-refractivity contribution in [2.45, 2.75) is 232 Å². The molecule has 63 heavy (non-hydrogen) atoms. The summed E-state index contributed by atoms with van der Waals surface area (Å²) in [5.74, 6) is -0.958. The first-order valence-electron chi connectivity index (χ1n) is 25.8. The van der Waals surface area contributed by atoms with Gasteiger partial charge in [-0.3, -0.25) is 14.4 Å². The standard InChI is InChI=1S/C57H94O6/c1-4-7-10-13-16-19-22-24-26-27-28-29-31-32-35-38-41-44-47-50-56(59)62-53-54(52-61-55(58)49-46-43-40-37-34-21-18-15-12-9-6-3)63-57(60)51-48-45-42-39-36-33-30-25-23-20-17-14-11-8-5-2/h8,11,14-25,30,34,54H,4-7,9-10,12-13,26-29,31-33,35-53H2,1-3H3/b11-8-,17-14-,18-15-,19-16-,23-20-,24-22-,30-25-,34-21-. The maximum Gasteiger partial charge on any atom is 0.306 e. The van der Waals surface area contributed by atoms with Gasteiger partial charge in [0, 0.05) is 19.3 Å². The van der Waals surface area contributed by atoms with E-state index in [2.05, 4.69) is 93.7 Å². The lowest BCUT2D eigenvalue weighted by molar-refractivity contribution is -0.167. The van der Waals surface area contributed by atoms with Crippen LogP contribution >= 0.6 is 0 Å². The lowest BCUT2D eigenvalue weighted by Crippen LogP contribution is -2.30. The second-order valence-corrected chi connectivity index (χ2v) is 16.8. The quantitative estimate of drug-likeness (QED) is 0.0262. The Hall–Kier alpha value is -3.67. The molecule has 0 bridgehead atoms. The summed E-state index contributed by atoms with van der Waals surface area (Å²) in [6.45, 7) is 6.36. The molecular weight excluding hydrogens is 781 g/mol. The van der Waals surface area contributed by atoms with Gasteiger partial charge < -0.3 is 14.2 Å². The summed E-state index contributed by atoms with van der Waals surface area (Å²) in [6, 6.07) is 0. The Morgan fingerprint density at radius 2 is 0.635 bits per heavy atom. The van der Waals surface area contributed by atoms with Gasteiger partial charge in [-0.15, -0.1) is 0 Å². The Kier molecular flexibility index (Phi) is 48.0. The van der Waals surface area contributed by atoms with Crippen molar-refractivity contribution in [3.05, 3.63) is 97.2 Å². The van der Waals surface area contributed by atoms with E-state index in [4.69, 9.17) is 14.2 Å². The molecular formula is C57H94O6. The lowest BCUT2D eigenvalue weighted by atomic mass is 10.1. The number of unbranched alkanes of at least 4 members (excludes halogenated alkanes) is 23. The van der Waals surface area contributed by atoms with Crippen LogP contribution in [-0.4, -0.2) is 37.2 Å². The monoisotopic (exact) mass is 875 g/mol. The van der Waals surface area contributed by atoms with Crippen LogP contribution in [0, 0.1) is 0 Å². The van der Waals surface area contributed by atoms with Crippen LogP contribution in [0.15, 0.2) is 97.2 Å². The fraction of sp³-hybridized carbons (Fsp3) is 0.667. The number of carbonyl (C=O) groups excluding carboxylic acids is 3. The van der Waals surface area contributed by atoms with E-state index in [0.29, 0.717) is 19.3 Å². The first kappa shape index (κ1) is 59.3. The molecule has 0 rings (SSSR count). The predicted molar refractivity (Wildman–Crippen MR) is 270 cm³/mol. The molecule has 0 aromatic heterocycles. The average Bonchev–Trinajstić information content (AvgIpc) is 3.28. The summed E-state index contributed by atoms with van der Waals surface area (Å²) in [4.78, 5) is 37.9. The van der Waals surface area contributed by atoms with E-state index < -0.39 is 6.10 Å². The Labute approximate surface area is 387 Å². The van der Waals surface area contributed by atoms with Crippen LogP contribution in [0.5, 0.6) is 0 Å². The molecule has 0 aliphatic rings. The van der Waals surface area contributed by atoms with Crippen molar-refractivity contribution in [3.8, 4) is 0 Å². The van der Waals surface area contributed by atoms with Crippen molar-refractivity contribution < 1.29 is 28.6 Å². The fourth-order valence-electron chi connectivity index (χ4n) is 6.77. The fourth-order valence-corrected chi connectivity index (χ4v) is 6.77. The van der Waals surface area contributed by atoms with Crippen molar-refractivity contribution in [3.63, 3.8) is 0 Å². The van der Waals surface area contributed by atoms with Crippen molar-refractivity contribution in [2.24, 2.45) is 0 Å². The Balaban J connectivity index is 4.42. The Morgan fingerprint density at radius 1 is 0.333 bits per heavy atom. The number of carbonyl (C=O) groups is 3. The van der Waals surface area contributed by atoms with Crippen LogP contribution < -0.4 is 0 Å². The summed E-state index contributed by atoms with van der Waals surface area (Å²) in [5.41, 5.74) is 0. The van der Waals surface area contributed by atoms with Crippen LogP contribution in [0.4, 0.5) is 0 Å². The van der Waals surface area contributed by atoms with Crippen LogP contribution in [0.1, 0.15) is 226 Å². The minimum atomic E-state index is -0.802. The molecule has 1 unspecified atom stereocenters. The van der Waals surface area contributed by atoms with Gasteiger partial charge in [0.1, 0.15) is 13.2 Å². The average molecular weight is 875 g/mol. The van der Waals surface area contributed by atoms with E-state index in [9.17, 15) is 14.4 Å². The smallest absolute Gasteiger partial charge is 0.306 e. The molecule has 0 heterocycles. The van der Waals surface area contributed by atoms with E-state index in [1.54, 1.807) is 0 Å². The van der Waals surface area contributed by atoms with Crippen molar-refractivity contribution in [1.29, 1.82) is 0 Å². The van der Waals surface area contributed by atoms with Gasteiger partial charge in [-0.2, -0.15) is 0 Å². The minimum absolute atomic E-state index is 0.0988. The van der Waals surface area contributed by atoms with E-state index in [1.165, 1.54) is 89.9 Å². The van der Waals surface area contributed by atoms with E-state index in [1.807, 2.05) is 24.3 Å². The SMILES string of the molecule is CC\C=C/C=C\C=C/C=C\CCCCCCCC(=O)OC(COC(=O)CCCCC/C=C\C=C/CCCC)COC(=O)CCCCCCCCCCCC/C=C\C=C/CCCCC. The van der Waals surface area contributed by atoms with Gasteiger partial charge in [0.25, 0.3) is 0 Å². The molecule has 0 N–H and O–H groups in total. The van der Waals surface area contributed by atoms with Crippen LogP contribution in [0.2, 0.25) is 0 Å². The topological polar surface area (TPSA) is 78.9 Å². The van der Waals surface area contributed by atoms with Gasteiger partial charge in [0.15, 0.2) is 6.10 Å². The third kappa shape index (κ3) is 49.2. The molecule has 1 atom stereocenters. The van der Waals surface area contributed by atoms with E-state index >= 15 is 0 Å². The third-order valence-corrected chi connectivity index (χ3v) is 10.7. The van der Waals surface area contributed by atoms with Gasteiger partial charge in [0.05, 0.1) is 0 Å². The maximum absolute atomic E-state index is 12.8. The summed E-state index contributed by atoms with van der Waals surface area (Å²) < 4.78 is 16.7. The predicted octanol–water partition coefficient (Wildman–Crippen LogP) is 17.0. The van der Waals surface area contributed by atoms with Gasteiger partial charge in [-0.1, -0.05) is 221 Å². The molecule has 0 aliphatic carbocycles. The zero-order valence-electron chi connectivity index (χ0n) is 40.8. The number of hydrogen-bond acceptors (Lipinski definition) is 6. The number of rotatable bonds is 45. The largest absolute Gasteiger partial charge is 0.462 e. The zero-order chi connectivity index (χ0) is 45.8. The van der Waals surface area contributed by atoms with Crippen LogP contribution in [0.25, 0.3) is 0 Å². The Morgan fingerprint density at radius 3 is 1.05 bits per heavy atom. The van der Waals surface area contributed by atoms with E-state index in [0.717, 1.165) is 96.3 Å². The molecule has 358 valence electrons. The molecule has 0 saturated heterocycles. The van der Waals surface area contributed by atoms with Crippen LogP contribution in [0.3, 0.4) is 0 Å². The van der Waals surface area contributed by atoms with Gasteiger partial charge in [-0.25, -0.2) is 0 Å². The number of hydrogen-bond donors (Lipinski definition) is 0. The van der Waals surface area contributed by atoms with Gasteiger partial charge in [0.2, 0.25) is 0 Å². The second kappa shape index (κ2) is 51.0. The number of ether oxygens (including phenoxy) is 3. The molecule has 0 aromatic carbocycles. The molecule has 0 saturated carbocycles. The van der Waals surface area contributed by atoms with Crippen LogP contribution in [-0.2, 0) is 28.6 Å². The van der Waals surface area contributed by atoms with Crippen molar-refractivity contribution in [1.82, 2.24) is 0 Å². The maximum atomic E-state index is 12.8. The first-order valence-corrected chi connectivity index (χ1v) is 25.8. The molecule has 0 radical (unpaired) electrons. The highest BCUT2D eigenvalue weighted by atomic mass is 16.6. The molecule has 0 fully saturated rings. The van der Waals surface area contributed by atoms with Gasteiger partial charge in [-0.05, 0) is 83.5 Å². The third-order valence-electron chi connectivity index (χ3n) is 10.7. The van der Waals surface area contributed by atoms with E-state index in [-0.39, 0.29) is 31.1 Å². The lowest BCUT2D eigenvalue weighted by Gasteiger charge is -2.18. The first-order chi connectivity index (χ1) is 31.0. The highest BCUT2D eigenvalue weighted by molar-refractivity contribution is 5.71. The van der Waals surface area contributed by atoms with Crippen molar-refractivity contribution in [2.75, 3.05) is 13.2 Å². The Bertz CT molecular complexity index is 1280. The number of esters is 3. The summed E-state index contributed by atoms with van der Waals surface area (Å²) in [5, 5.41) is 0. The highest BCUT2D eigenvalue weighted by Gasteiger charge is 2.19. The summed E-state index contributed by atoms with van der Waals surface area (Å²) in [7, 11) is 0. The molecule has 6 nitrogen and oxygen atoms in total. The molecule has 0 amide bonds. The summed E-state index contributed by atoms with van der Waals surface area (Å²) >= 11 is 0. The highest BCUT2D eigenvalue weighted by Crippen LogP contribution is 2.14. The zero-order valence-corrected chi connectivity index (χ0v) is 40.8. The molecule has 0 aromatic rings.